The molecule has 1 N–H and O–H groups in total. The van der Waals surface area contributed by atoms with Crippen molar-refractivity contribution in [1.82, 2.24) is 15.2 Å². The molecule has 2 aromatic rings. The summed E-state index contributed by atoms with van der Waals surface area (Å²) < 4.78 is 0. The fourth-order valence-corrected chi connectivity index (χ4v) is 3.32. The van der Waals surface area contributed by atoms with Crippen LogP contribution in [0.15, 0.2) is 42.0 Å². The monoisotopic (exact) mass is 287 g/mol. The van der Waals surface area contributed by atoms with Crippen LogP contribution in [-0.2, 0) is 6.54 Å². The number of hydrogen-bond donors (Lipinski definition) is 1. The van der Waals surface area contributed by atoms with Crippen molar-refractivity contribution in [3.63, 3.8) is 0 Å². The van der Waals surface area contributed by atoms with Gasteiger partial charge < -0.3 is 5.32 Å². The Morgan fingerprint density at radius 1 is 1.35 bits per heavy atom. The summed E-state index contributed by atoms with van der Waals surface area (Å²) in [4.78, 5) is 8.09. The number of benzene rings is 1. The first kappa shape index (κ1) is 13.7. The predicted octanol–water partition coefficient (Wildman–Crippen LogP) is 3.07. The molecule has 1 aromatic heterocycles. The number of rotatable bonds is 3. The van der Waals surface area contributed by atoms with E-state index in [0.717, 1.165) is 19.6 Å². The van der Waals surface area contributed by atoms with Crippen molar-refractivity contribution in [1.29, 1.82) is 0 Å². The number of nitrogens with one attached hydrogen (secondary N) is 1. The molecule has 1 aromatic carbocycles. The highest BCUT2D eigenvalue weighted by Gasteiger charge is 2.34. The standard InChI is InChI=1S/C16H21N3S/c1-16(2)11-18-15(13-6-4-3-5-7-13)10-19(16)9-14-8-17-12-20-14/h3-8,12,15,18H,9-11H2,1-2H3. The lowest BCUT2D eigenvalue weighted by Gasteiger charge is -2.46. The van der Waals surface area contributed by atoms with Crippen molar-refractivity contribution in [2.24, 2.45) is 0 Å². The minimum absolute atomic E-state index is 0.176. The maximum absolute atomic E-state index is 4.19. The van der Waals surface area contributed by atoms with Crippen molar-refractivity contribution in [3.8, 4) is 0 Å². The van der Waals surface area contributed by atoms with Gasteiger partial charge in [-0.25, -0.2) is 0 Å². The summed E-state index contributed by atoms with van der Waals surface area (Å²) in [6, 6.07) is 11.1. The Morgan fingerprint density at radius 3 is 2.85 bits per heavy atom. The van der Waals surface area contributed by atoms with Gasteiger partial charge in [-0.1, -0.05) is 30.3 Å². The molecule has 2 heterocycles. The molecule has 1 aliphatic rings. The van der Waals surface area contributed by atoms with E-state index in [4.69, 9.17) is 0 Å². The summed E-state index contributed by atoms with van der Waals surface area (Å²) in [6.45, 7) is 7.65. The van der Waals surface area contributed by atoms with Crippen LogP contribution >= 0.6 is 11.3 Å². The van der Waals surface area contributed by atoms with E-state index in [-0.39, 0.29) is 5.54 Å². The molecular weight excluding hydrogens is 266 g/mol. The van der Waals surface area contributed by atoms with Gasteiger partial charge in [0.05, 0.1) is 5.51 Å². The highest BCUT2D eigenvalue weighted by atomic mass is 32.1. The van der Waals surface area contributed by atoms with E-state index in [2.05, 4.69) is 59.4 Å². The van der Waals surface area contributed by atoms with Crippen molar-refractivity contribution < 1.29 is 0 Å². The van der Waals surface area contributed by atoms with Crippen molar-refractivity contribution in [2.45, 2.75) is 32.0 Å². The molecule has 1 fully saturated rings. The molecule has 1 atom stereocenters. The van der Waals surface area contributed by atoms with Crippen LogP contribution in [0, 0.1) is 0 Å². The summed E-state index contributed by atoms with van der Waals surface area (Å²) in [7, 11) is 0. The zero-order chi connectivity index (χ0) is 14.0. The van der Waals surface area contributed by atoms with Crippen molar-refractivity contribution >= 4 is 11.3 Å². The lowest BCUT2D eigenvalue weighted by atomic mass is 9.94. The number of hydrogen-bond acceptors (Lipinski definition) is 4. The molecule has 1 unspecified atom stereocenters. The largest absolute Gasteiger partial charge is 0.307 e. The van der Waals surface area contributed by atoms with Crippen LogP contribution in [0.2, 0.25) is 0 Å². The molecule has 0 bridgehead atoms. The van der Waals surface area contributed by atoms with Crippen LogP contribution < -0.4 is 5.32 Å². The molecule has 3 nitrogen and oxygen atoms in total. The fraction of sp³-hybridized carbons (Fsp3) is 0.438. The van der Waals surface area contributed by atoms with Gasteiger partial charge in [-0.15, -0.1) is 11.3 Å². The van der Waals surface area contributed by atoms with Crippen LogP contribution in [0.25, 0.3) is 0 Å². The minimum atomic E-state index is 0.176. The van der Waals surface area contributed by atoms with E-state index in [1.807, 2.05) is 11.7 Å². The van der Waals surface area contributed by atoms with E-state index >= 15 is 0 Å². The van der Waals surface area contributed by atoms with Crippen LogP contribution in [0.5, 0.6) is 0 Å². The molecule has 1 aliphatic heterocycles. The molecular formula is C16H21N3S. The van der Waals surface area contributed by atoms with Gasteiger partial charge in [-0.2, -0.15) is 0 Å². The lowest BCUT2D eigenvalue weighted by Crippen LogP contribution is -2.58. The fourth-order valence-electron chi connectivity index (χ4n) is 2.71. The normalized spacial score (nSPS) is 22.8. The highest BCUT2D eigenvalue weighted by Crippen LogP contribution is 2.28. The average molecular weight is 287 g/mol. The molecule has 1 saturated heterocycles. The van der Waals surface area contributed by atoms with Gasteiger partial charge in [0.25, 0.3) is 0 Å². The second kappa shape index (κ2) is 5.64. The number of thiazole rings is 1. The second-order valence-electron chi connectivity index (χ2n) is 6.00. The summed E-state index contributed by atoms with van der Waals surface area (Å²) in [5, 5.41) is 3.68. The summed E-state index contributed by atoms with van der Waals surface area (Å²) in [6.07, 6.45) is 1.99. The van der Waals surface area contributed by atoms with E-state index in [1.54, 1.807) is 11.3 Å². The van der Waals surface area contributed by atoms with Crippen LogP contribution in [0.3, 0.4) is 0 Å². The molecule has 0 amide bonds. The molecule has 20 heavy (non-hydrogen) atoms. The van der Waals surface area contributed by atoms with Gasteiger partial charge in [0.2, 0.25) is 0 Å². The second-order valence-corrected chi connectivity index (χ2v) is 6.98. The third kappa shape index (κ3) is 2.92. The first-order valence-electron chi connectivity index (χ1n) is 7.06. The van der Waals surface area contributed by atoms with Crippen molar-refractivity contribution in [3.05, 3.63) is 52.5 Å². The summed E-state index contributed by atoms with van der Waals surface area (Å²) in [5.74, 6) is 0. The Morgan fingerprint density at radius 2 is 2.15 bits per heavy atom. The topological polar surface area (TPSA) is 28.2 Å². The van der Waals surface area contributed by atoms with Crippen LogP contribution in [-0.4, -0.2) is 28.5 Å². The average Bonchev–Trinajstić information content (AvgIpc) is 2.95. The van der Waals surface area contributed by atoms with Gasteiger partial charge in [-0.05, 0) is 19.4 Å². The zero-order valence-corrected chi connectivity index (χ0v) is 12.9. The number of aromatic nitrogens is 1. The SMILES string of the molecule is CC1(C)CNC(c2ccccc2)CN1Cc1cncs1. The summed E-state index contributed by atoms with van der Waals surface area (Å²) in [5.41, 5.74) is 3.46. The van der Waals surface area contributed by atoms with Gasteiger partial charge in [0, 0.05) is 42.3 Å². The Hall–Kier alpha value is -1.23. The molecule has 0 aliphatic carbocycles. The first-order chi connectivity index (χ1) is 9.65. The molecule has 4 heteroatoms. The Kier molecular flexibility index (Phi) is 3.87. The number of nitrogens with zero attached hydrogens (tertiary/aromatic N) is 2. The molecule has 0 radical (unpaired) electrons. The molecule has 3 rings (SSSR count). The molecule has 106 valence electrons. The van der Waals surface area contributed by atoms with Gasteiger partial charge in [-0.3, -0.25) is 9.88 Å². The third-order valence-electron chi connectivity index (χ3n) is 4.07. The Labute approximate surface area is 124 Å². The van der Waals surface area contributed by atoms with Crippen molar-refractivity contribution in [2.75, 3.05) is 13.1 Å². The first-order valence-corrected chi connectivity index (χ1v) is 7.94. The minimum Gasteiger partial charge on any atom is -0.307 e. The summed E-state index contributed by atoms with van der Waals surface area (Å²) >= 11 is 1.74. The highest BCUT2D eigenvalue weighted by molar-refractivity contribution is 7.09. The predicted molar refractivity (Wildman–Crippen MR) is 83.8 cm³/mol. The van der Waals surface area contributed by atoms with Gasteiger partial charge >= 0.3 is 0 Å². The van der Waals surface area contributed by atoms with Gasteiger partial charge in [0.1, 0.15) is 0 Å². The molecule has 0 saturated carbocycles. The van der Waals surface area contributed by atoms with Gasteiger partial charge in [0.15, 0.2) is 0 Å². The third-order valence-corrected chi connectivity index (χ3v) is 4.84. The lowest BCUT2D eigenvalue weighted by molar-refractivity contribution is 0.0593. The Bertz CT molecular complexity index is 536. The van der Waals surface area contributed by atoms with Crippen LogP contribution in [0.4, 0.5) is 0 Å². The zero-order valence-electron chi connectivity index (χ0n) is 12.0. The van der Waals surface area contributed by atoms with E-state index < -0.39 is 0 Å². The van der Waals surface area contributed by atoms with E-state index in [1.165, 1.54) is 10.4 Å². The Balaban J connectivity index is 1.76. The molecule has 0 spiro atoms. The van der Waals surface area contributed by atoms with E-state index in [0.29, 0.717) is 6.04 Å². The smallest absolute Gasteiger partial charge is 0.0794 e. The number of piperazine rings is 1. The van der Waals surface area contributed by atoms with E-state index in [9.17, 15) is 0 Å². The maximum Gasteiger partial charge on any atom is 0.0794 e. The quantitative estimate of drug-likeness (QED) is 0.940. The maximum atomic E-state index is 4.19. The van der Waals surface area contributed by atoms with Crippen LogP contribution in [0.1, 0.15) is 30.3 Å².